The molecule has 2 heterocycles. The second-order valence-electron chi connectivity index (χ2n) is 5.38. The van der Waals surface area contributed by atoms with Crippen LogP contribution in [0.5, 0.6) is 5.88 Å². The first-order valence-electron chi connectivity index (χ1n) is 7.49. The van der Waals surface area contributed by atoms with Gasteiger partial charge in [0, 0.05) is 12.6 Å². The SMILES string of the molecule is CC(=O)NCCOc1cnc(N)c(-c2nc3ccc(C)cc3[nH]2)n1.[HH].[HH].[HH].[HH]. The lowest BCUT2D eigenvalue weighted by Gasteiger charge is -2.07. The molecule has 1 aromatic carbocycles. The summed E-state index contributed by atoms with van der Waals surface area (Å²) in [5.74, 6) is 1.01. The monoisotopic (exact) mass is 334 g/mol. The third-order valence-corrected chi connectivity index (χ3v) is 3.37. The number of rotatable bonds is 5. The first-order chi connectivity index (χ1) is 11.5. The Labute approximate surface area is 144 Å². The van der Waals surface area contributed by atoms with Crippen molar-refractivity contribution in [2.45, 2.75) is 13.8 Å². The topological polar surface area (TPSA) is 119 Å². The molecule has 0 spiro atoms. The zero-order chi connectivity index (χ0) is 17.1. The molecule has 3 aromatic rings. The van der Waals surface area contributed by atoms with Crippen molar-refractivity contribution in [1.82, 2.24) is 25.3 Å². The van der Waals surface area contributed by atoms with E-state index in [2.05, 4.69) is 25.3 Å². The third kappa shape index (κ3) is 3.43. The summed E-state index contributed by atoms with van der Waals surface area (Å²) >= 11 is 0. The van der Waals surface area contributed by atoms with Crippen LogP contribution in [0.15, 0.2) is 24.4 Å². The summed E-state index contributed by atoms with van der Waals surface area (Å²) in [5, 5.41) is 2.64. The maximum Gasteiger partial charge on any atom is 0.233 e. The number of hydrogen-bond donors (Lipinski definition) is 3. The lowest BCUT2D eigenvalue weighted by Crippen LogP contribution is -2.25. The molecule has 3 rings (SSSR count). The largest absolute Gasteiger partial charge is 0.475 e. The smallest absolute Gasteiger partial charge is 0.233 e. The number of imidazole rings is 1. The molecule has 24 heavy (non-hydrogen) atoms. The van der Waals surface area contributed by atoms with E-state index in [1.807, 2.05) is 25.1 Å². The molecule has 0 atom stereocenters. The number of H-pyrrole nitrogens is 1. The van der Waals surface area contributed by atoms with Gasteiger partial charge in [-0.05, 0) is 24.6 Å². The van der Waals surface area contributed by atoms with Gasteiger partial charge >= 0.3 is 0 Å². The number of nitrogens with one attached hydrogen (secondary N) is 2. The van der Waals surface area contributed by atoms with Crippen LogP contribution < -0.4 is 15.8 Å². The summed E-state index contributed by atoms with van der Waals surface area (Å²) in [5.41, 5.74) is 9.22. The zero-order valence-corrected chi connectivity index (χ0v) is 13.5. The molecule has 132 valence electrons. The van der Waals surface area contributed by atoms with Crippen molar-refractivity contribution in [2.24, 2.45) is 0 Å². The molecule has 0 fully saturated rings. The van der Waals surface area contributed by atoms with Gasteiger partial charge in [-0.15, -0.1) is 0 Å². The van der Waals surface area contributed by atoms with E-state index in [0.29, 0.717) is 23.9 Å². The first kappa shape index (κ1) is 15.7. The fraction of sp³-hybridized carbons (Fsp3) is 0.250. The van der Waals surface area contributed by atoms with E-state index in [-0.39, 0.29) is 24.0 Å². The molecular weight excluding hydrogens is 308 g/mol. The Bertz CT molecular complexity index is 906. The molecule has 4 N–H and O–H groups in total. The number of nitrogens with zero attached hydrogens (tertiary/aromatic N) is 3. The van der Waals surface area contributed by atoms with Crippen LogP contribution in [0.4, 0.5) is 5.82 Å². The maximum atomic E-state index is 10.8. The molecule has 0 aliphatic heterocycles. The predicted octanol–water partition coefficient (Wildman–Crippen LogP) is 2.41. The molecule has 0 saturated heterocycles. The number of anilines is 1. The predicted molar refractivity (Wildman–Crippen MR) is 98.9 cm³/mol. The third-order valence-electron chi connectivity index (χ3n) is 3.37. The Morgan fingerprint density at radius 3 is 3.04 bits per heavy atom. The molecule has 0 radical (unpaired) electrons. The van der Waals surface area contributed by atoms with Crippen molar-refractivity contribution in [1.29, 1.82) is 0 Å². The van der Waals surface area contributed by atoms with Crippen molar-refractivity contribution >= 4 is 22.8 Å². The van der Waals surface area contributed by atoms with Crippen LogP contribution >= 0.6 is 0 Å². The standard InChI is InChI=1S/C16H18N6O2.4H2/c1-9-3-4-11-12(7-9)21-16(20-11)14-15(17)19-8-13(22-14)24-6-5-18-10(2)23;;;;/h3-4,7-8H,5-6H2,1-2H3,(H2,17,19)(H,18,23)(H,20,21);4*1H. The summed E-state index contributed by atoms with van der Waals surface area (Å²) in [7, 11) is 0. The number of aromatic nitrogens is 4. The van der Waals surface area contributed by atoms with Crippen LogP contribution in [0.2, 0.25) is 0 Å². The van der Waals surface area contributed by atoms with Crippen LogP contribution in [-0.2, 0) is 4.79 Å². The van der Waals surface area contributed by atoms with Crippen LogP contribution in [-0.4, -0.2) is 39.0 Å². The van der Waals surface area contributed by atoms with Gasteiger partial charge < -0.3 is 20.8 Å². The number of nitrogens with two attached hydrogens (primary N) is 1. The summed E-state index contributed by atoms with van der Waals surface area (Å²) in [6.45, 7) is 4.14. The second-order valence-corrected chi connectivity index (χ2v) is 5.38. The normalized spacial score (nSPS) is 10.8. The average molecular weight is 334 g/mol. The number of amides is 1. The molecule has 0 aliphatic rings. The highest BCUT2D eigenvalue weighted by Crippen LogP contribution is 2.24. The Morgan fingerprint density at radius 1 is 1.42 bits per heavy atom. The quantitative estimate of drug-likeness (QED) is 0.616. The van der Waals surface area contributed by atoms with Crippen molar-refractivity contribution in [2.75, 3.05) is 18.9 Å². The summed E-state index contributed by atoms with van der Waals surface area (Å²) in [6, 6.07) is 5.93. The second kappa shape index (κ2) is 6.53. The van der Waals surface area contributed by atoms with E-state index < -0.39 is 0 Å². The number of carbonyl (C=O) groups excluding carboxylic acids is 1. The molecule has 2 aromatic heterocycles. The molecule has 8 heteroatoms. The molecule has 0 unspecified atom stereocenters. The minimum Gasteiger partial charge on any atom is -0.475 e. The Kier molecular flexibility index (Phi) is 4.28. The van der Waals surface area contributed by atoms with Gasteiger partial charge in [-0.2, -0.15) is 0 Å². The van der Waals surface area contributed by atoms with Crippen molar-refractivity contribution in [3.8, 4) is 17.4 Å². The number of nitrogen functional groups attached to an aromatic ring is 1. The van der Waals surface area contributed by atoms with Crippen LogP contribution in [0.3, 0.4) is 0 Å². The molecule has 1 amide bonds. The van der Waals surface area contributed by atoms with E-state index in [4.69, 9.17) is 10.5 Å². The highest BCUT2D eigenvalue weighted by atomic mass is 16.5. The van der Waals surface area contributed by atoms with Gasteiger partial charge in [0.1, 0.15) is 6.61 Å². The van der Waals surface area contributed by atoms with Crippen LogP contribution in [0.25, 0.3) is 22.6 Å². The first-order valence-corrected chi connectivity index (χ1v) is 7.49. The average Bonchev–Trinajstić information content (AvgIpc) is 2.95. The number of aromatic amines is 1. The fourth-order valence-electron chi connectivity index (χ4n) is 2.24. The number of benzene rings is 1. The number of carbonyl (C=O) groups is 1. The van der Waals surface area contributed by atoms with Crippen molar-refractivity contribution in [3.05, 3.63) is 30.0 Å². The van der Waals surface area contributed by atoms with E-state index in [0.717, 1.165) is 16.6 Å². The maximum absolute atomic E-state index is 10.8. The van der Waals surface area contributed by atoms with Gasteiger partial charge in [0.15, 0.2) is 17.3 Å². The zero-order valence-electron chi connectivity index (χ0n) is 13.5. The van der Waals surface area contributed by atoms with E-state index in [1.165, 1.54) is 13.1 Å². The number of hydrogen-bond acceptors (Lipinski definition) is 6. The van der Waals surface area contributed by atoms with Crippen molar-refractivity contribution in [3.63, 3.8) is 0 Å². The minimum absolute atomic E-state index is 0. The van der Waals surface area contributed by atoms with Gasteiger partial charge in [0.25, 0.3) is 0 Å². The molecular formula is C16H26N6O2. The lowest BCUT2D eigenvalue weighted by molar-refractivity contribution is -0.119. The Hall–Kier alpha value is -3.16. The number of fused-ring (bicyclic) bond motifs is 1. The number of aryl methyl sites for hydroxylation is 1. The number of ether oxygens (including phenoxy) is 1. The molecule has 0 aliphatic carbocycles. The van der Waals surface area contributed by atoms with Gasteiger partial charge in [-0.25, -0.2) is 15.0 Å². The van der Waals surface area contributed by atoms with Crippen LogP contribution in [0.1, 0.15) is 18.2 Å². The summed E-state index contributed by atoms with van der Waals surface area (Å²) < 4.78 is 5.48. The molecule has 8 nitrogen and oxygen atoms in total. The van der Waals surface area contributed by atoms with E-state index in [9.17, 15) is 4.79 Å². The highest BCUT2D eigenvalue weighted by Gasteiger charge is 2.13. The van der Waals surface area contributed by atoms with E-state index >= 15 is 0 Å². The lowest BCUT2D eigenvalue weighted by atomic mass is 10.2. The highest BCUT2D eigenvalue weighted by molar-refractivity contribution is 5.81. The van der Waals surface area contributed by atoms with Gasteiger partial charge in [0.05, 0.1) is 23.8 Å². The van der Waals surface area contributed by atoms with E-state index in [1.54, 1.807) is 0 Å². The van der Waals surface area contributed by atoms with Gasteiger partial charge in [-0.3, -0.25) is 4.79 Å². The fourth-order valence-corrected chi connectivity index (χ4v) is 2.24. The minimum atomic E-state index is -0.111. The Morgan fingerprint density at radius 2 is 2.25 bits per heavy atom. The Balaban J connectivity index is 0. The van der Waals surface area contributed by atoms with Gasteiger partial charge in [0.2, 0.25) is 11.8 Å². The molecule has 0 bridgehead atoms. The van der Waals surface area contributed by atoms with Gasteiger partial charge in [-0.1, -0.05) is 6.07 Å². The van der Waals surface area contributed by atoms with Crippen molar-refractivity contribution < 1.29 is 15.2 Å². The summed E-state index contributed by atoms with van der Waals surface area (Å²) in [4.78, 5) is 27.0. The van der Waals surface area contributed by atoms with Crippen LogP contribution in [0, 0.1) is 6.92 Å². The molecule has 0 saturated carbocycles. The summed E-state index contributed by atoms with van der Waals surface area (Å²) in [6.07, 6.45) is 1.44.